The number of hydrogen-bond acceptors (Lipinski definition) is 3. The summed E-state index contributed by atoms with van der Waals surface area (Å²) >= 11 is 6.74. The third-order valence-corrected chi connectivity index (χ3v) is 4.44. The molecule has 0 fully saturated rings. The Hall–Kier alpha value is -2.37. The van der Waals surface area contributed by atoms with Gasteiger partial charge in [-0.2, -0.15) is 0 Å². The molecule has 5 heteroatoms. The molecule has 0 N–H and O–H groups in total. The Morgan fingerprint density at radius 3 is 1.73 bits per heavy atom. The maximum atomic E-state index is 12.3. The van der Waals surface area contributed by atoms with Crippen LogP contribution in [0, 0.1) is 0 Å². The van der Waals surface area contributed by atoms with Gasteiger partial charge in [0.15, 0.2) is 0 Å². The molecule has 3 aromatic rings. The molecule has 0 aromatic heterocycles. The lowest BCUT2D eigenvalue weighted by atomic mass is 10.2. The summed E-state index contributed by atoms with van der Waals surface area (Å²) < 4.78 is 13.1. The fourth-order valence-corrected chi connectivity index (χ4v) is 2.69. The third kappa shape index (κ3) is 5.31. The number of hydrogen-bond donors (Lipinski definition) is 0. The molecule has 3 rings (SSSR count). The second kappa shape index (κ2) is 8.83. The Labute approximate surface area is 168 Å². The van der Waals surface area contributed by atoms with E-state index in [1.165, 1.54) is 6.08 Å². The second-order valence-corrected chi connectivity index (χ2v) is 7.14. The van der Waals surface area contributed by atoms with E-state index in [2.05, 4.69) is 31.9 Å². The summed E-state index contributed by atoms with van der Waals surface area (Å²) in [4.78, 5) is 12.3. The van der Waals surface area contributed by atoms with Gasteiger partial charge < -0.3 is 9.47 Å². The second-order valence-electron chi connectivity index (χ2n) is 5.31. The summed E-state index contributed by atoms with van der Waals surface area (Å²) in [5.41, 5.74) is 0.781. The van der Waals surface area contributed by atoms with E-state index in [-0.39, 0.29) is 0 Å². The van der Waals surface area contributed by atoms with Crippen molar-refractivity contribution in [2.45, 2.75) is 0 Å². The Morgan fingerprint density at radius 1 is 0.692 bits per heavy atom. The molecule has 0 unspecified atom stereocenters. The van der Waals surface area contributed by atoms with E-state index in [9.17, 15) is 4.79 Å². The van der Waals surface area contributed by atoms with E-state index < -0.39 is 5.97 Å². The monoisotopic (exact) mass is 472 g/mol. The lowest BCUT2D eigenvalue weighted by molar-refractivity contribution is -0.129. The predicted octanol–water partition coefficient (Wildman–Crippen LogP) is 6.24. The van der Waals surface area contributed by atoms with Gasteiger partial charge in [0.2, 0.25) is 0 Å². The summed E-state index contributed by atoms with van der Waals surface area (Å²) in [6.07, 6.45) is 1.35. The molecule has 0 heterocycles. The zero-order valence-electron chi connectivity index (χ0n) is 13.6. The van der Waals surface area contributed by atoms with Crippen molar-refractivity contribution < 1.29 is 14.3 Å². The number of carbonyl (C=O) groups excluding carboxylic acids is 1. The summed E-state index contributed by atoms with van der Waals surface area (Å²) in [5.74, 6) is 0.989. The first kappa shape index (κ1) is 18.4. The molecule has 0 spiro atoms. The molecule has 0 radical (unpaired) electrons. The molecule has 3 aromatic carbocycles. The highest BCUT2D eigenvalue weighted by Crippen LogP contribution is 2.23. The van der Waals surface area contributed by atoms with Crippen LogP contribution in [0.25, 0.3) is 5.76 Å². The molecule has 26 heavy (non-hydrogen) atoms. The van der Waals surface area contributed by atoms with Crippen molar-refractivity contribution in [1.29, 1.82) is 0 Å². The van der Waals surface area contributed by atoms with Gasteiger partial charge in [0, 0.05) is 14.5 Å². The topological polar surface area (TPSA) is 35.5 Å². The summed E-state index contributed by atoms with van der Waals surface area (Å²) in [6, 6.07) is 23.9. The molecule has 3 nitrogen and oxygen atoms in total. The summed E-state index contributed by atoms with van der Waals surface area (Å²) in [7, 11) is 0. The zero-order chi connectivity index (χ0) is 18.4. The molecular formula is C21H14Br2O3. The first-order valence-electron chi connectivity index (χ1n) is 7.78. The van der Waals surface area contributed by atoms with E-state index in [0.717, 1.165) is 14.5 Å². The molecule has 0 saturated heterocycles. The van der Waals surface area contributed by atoms with Crippen LogP contribution in [0.5, 0.6) is 11.5 Å². The van der Waals surface area contributed by atoms with Gasteiger partial charge in [-0.1, -0.05) is 62.2 Å². The first-order chi connectivity index (χ1) is 12.6. The van der Waals surface area contributed by atoms with E-state index in [4.69, 9.17) is 9.47 Å². The van der Waals surface area contributed by atoms with Gasteiger partial charge >= 0.3 is 5.97 Å². The van der Waals surface area contributed by atoms with Gasteiger partial charge in [-0.15, -0.1) is 0 Å². The Balaban J connectivity index is 1.84. The number of ether oxygens (including phenoxy) is 2. The van der Waals surface area contributed by atoms with Gasteiger partial charge in [0.05, 0.1) is 6.08 Å². The summed E-state index contributed by atoms with van der Waals surface area (Å²) in [5, 5.41) is 0. The molecular weight excluding hydrogens is 460 g/mol. The number of rotatable bonds is 5. The van der Waals surface area contributed by atoms with Gasteiger partial charge in [-0.05, 0) is 48.5 Å². The van der Waals surface area contributed by atoms with Crippen molar-refractivity contribution >= 4 is 43.6 Å². The molecule has 0 aliphatic heterocycles. The van der Waals surface area contributed by atoms with Crippen LogP contribution in [-0.2, 0) is 4.79 Å². The number of carbonyl (C=O) groups is 1. The number of benzene rings is 3. The predicted molar refractivity (Wildman–Crippen MR) is 109 cm³/mol. The smallest absolute Gasteiger partial charge is 0.339 e. The quantitative estimate of drug-likeness (QED) is 0.190. The van der Waals surface area contributed by atoms with E-state index >= 15 is 0 Å². The molecule has 0 atom stereocenters. The standard InChI is InChI=1S/C21H14Br2O3/c22-16-6-10-18(11-7-16)25-20(15-4-2-1-3-5-15)14-21(24)26-19-12-8-17(23)9-13-19/h1-14H/b20-14+. The van der Waals surface area contributed by atoms with Crippen molar-refractivity contribution in [3.05, 3.63) is 99.4 Å². The molecule has 130 valence electrons. The largest absolute Gasteiger partial charge is 0.456 e. The van der Waals surface area contributed by atoms with Crippen LogP contribution in [0.15, 0.2) is 93.9 Å². The van der Waals surface area contributed by atoms with Crippen molar-refractivity contribution in [2.24, 2.45) is 0 Å². The van der Waals surface area contributed by atoms with E-state index in [1.54, 1.807) is 12.1 Å². The zero-order valence-corrected chi connectivity index (χ0v) is 16.7. The fraction of sp³-hybridized carbons (Fsp3) is 0. The highest BCUT2D eigenvalue weighted by molar-refractivity contribution is 9.10. The van der Waals surface area contributed by atoms with Gasteiger partial charge in [-0.3, -0.25) is 0 Å². The Morgan fingerprint density at radius 2 is 1.19 bits per heavy atom. The van der Waals surface area contributed by atoms with Crippen molar-refractivity contribution in [3.63, 3.8) is 0 Å². The fourth-order valence-electron chi connectivity index (χ4n) is 2.16. The van der Waals surface area contributed by atoms with Gasteiger partial charge in [-0.25, -0.2) is 4.79 Å². The average molecular weight is 474 g/mol. The minimum absolute atomic E-state index is 0.412. The van der Waals surface area contributed by atoms with Crippen LogP contribution in [-0.4, -0.2) is 5.97 Å². The van der Waals surface area contributed by atoms with Crippen LogP contribution in [0.4, 0.5) is 0 Å². The number of halogens is 2. The third-order valence-electron chi connectivity index (χ3n) is 3.38. The van der Waals surface area contributed by atoms with Crippen LogP contribution < -0.4 is 9.47 Å². The van der Waals surface area contributed by atoms with Gasteiger partial charge in [0.25, 0.3) is 0 Å². The molecule has 0 amide bonds. The molecule has 0 aliphatic carbocycles. The van der Waals surface area contributed by atoms with E-state index in [0.29, 0.717) is 17.3 Å². The SMILES string of the molecule is O=C(/C=C(/Oc1ccc(Br)cc1)c1ccccc1)Oc1ccc(Br)cc1. The van der Waals surface area contributed by atoms with Crippen LogP contribution in [0.2, 0.25) is 0 Å². The molecule has 0 aliphatic rings. The van der Waals surface area contributed by atoms with Gasteiger partial charge in [0.1, 0.15) is 17.3 Å². The van der Waals surface area contributed by atoms with Crippen molar-refractivity contribution in [2.75, 3.05) is 0 Å². The van der Waals surface area contributed by atoms with Crippen LogP contribution in [0.1, 0.15) is 5.56 Å². The minimum atomic E-state index is -0.511. The number of esters is 1. The maximum absolute atomic E-state index is 12.3. The van der Waals surface area contributed by atoms with Crippen LogP contribution >= 0.6 is 31.9 Å². The molecule has 0 saturated carbocycles. The maximum Gasteiger partial charge on any atom is 0.339 e. The highest BCUT2D eigenvalue weighted by Gasteiger charge is 2.10. The minimum Gasteiger partial charge on any atom is -0.456 e. The lowest BCUT2D eigenvalue weighted by Crippen LogP contribution is -2.07. The Bertz CT molecular complexity index is 902. The average Bonchev–Trinajstić information content (AvgIpc) is 2.65. The molecule has 0 bridgehead atoms. The van der Waals surface area contributed by atoms with E-state index in [1.807, 2.05) is 66.7 Å². The summed E-state index contributed by atoms with van der Waals surface area (Å²) in [6.45, 7) is 0. The Kier molecular flexibility index (Phi) is 6.26. The van der Waals surface area contributed by atoms with Crippen LogP contribution in [0.3, 0.4) is 0 Å². The van der Waals surface area contributed by atoms with Crippen molar-refractivity contribution in [3.8, 4) is 11.5 Å². The lowest BCUT2D eigenvalue weighted by Gasteiger charge is -2.11. The first-order valence-corrected chi connectivity index (χ1v) is 9.37. The van der Waals surface area contributed by atoms with Crippen molar-refractivity contribution in [1.82, 2.24) is 0 Å². The highest BCUT2D eigenvalue weighted by atomic mass is 79.9. The normalized spacial score (nSPS) is 11.1.